The van der Waals surface area contributed by atoms with Gasteiger partial charge in [-0.25, -0.2) is 4.39 Å². The van der Waals surface area contributed by atoms with Gasteiger partial charge in [0.15, 0.2) is 0 Å². The first kappa shape index (κ1) is 15.9. The third-order valence-electron chi connectivity index (χ3n) is 2.70. The molecule has 0 heterocycles. The van der Waals surface area contributed by atoms with Crippen LogP contribution < -0.4 is 5.32 Å². The van der Waals surface area contributed by atoms with Crippen molar-refractivity contribution in [3.05, 3.63) is 47.8 Å². The van der Waals surface area contributed by atoms with Crippen molar-refractivity contribution in [1.29, 1.82) is 0 Å². The van der Waals surface area contributed by atoms with E-state index in [1.807, 2.05) is 13.1 Å². The maximum atomic E-state index is 13.1. The fourth-order valence-electron chi connectivity index (χ4n) is 1.83. The second kappa shape index (κ2) is 6.83. The van der Waals surface area contributed by atoms with Gasteiger partial charge in [0.25, 0.3) is 0 Å². The number of halogens is 1. The summed E-state index contributed by atoms with van der Waals surface area (Å²) in [5.74, 6) is -0.181. The second-order valence-electron chi connectivity index (χ2n) is 6.16. The van der Waals surface area contributed by atoms with Crippen LogP contribution in [0.15, 0.2) is 36.4 Å². The minimum absolute atomic E-state index is 0.101. The number of benzene rings is 1. The molecule has 0 bridgehead atoms. The molecule has 0 aliphatic carbocycles. The van der Waals surface area contributed by atoms with E-state index in [2.05, 4.69) is 37.6 Å². The third kappa shape index (κ3) is 7.09. The van der Waals surface area contributed by atoms with E-state index in [0.29, 0.717) is 0 Å². The summed E-state index contributed by atoms with van der Waals surface area (Å²) in [6.07, 6.45) is 0. The standard InChI is InChI=1S/C16H25FN2/c1-13(10-18-16(2,3)4)11-19(5)12-14-7-6-8-15(17)9-14/h6-9,18H,1,10-12H2,2-5H3. The quantitative estimate of drug-likeness (QED) is 0.794. The van der Waals surface area contributed by atoms with Crippen LogP contribution in [-0.2, 0) is 6.54 Å². The molecule has 0 aromatic heterocycles. The summed E-state index contributed by atoms with van der Waals surface area (Å²) in [7, 11) is 2.02. The van der Waals surface area contributed by atoms with Crippen LogP contribution >= 0.6 is 0 Å². The molecule has 106 valence electrons. The summed E-state index contributed by atoms with van der Waals surface area (Å²) < 4.78 is 13.1. The average molecular weight is 264 g/mol. The Labute approximate surface area is 116 Å². The predicted octanol–water partition coefficient (Wildman–Crippen LogP) is 3.20. The highest BCUT2D eigenvalue weighted by Gasteiger charge is 2.10. The summed E-state index contributed by atoms with van der Waals surface area (Å²) in [6, 6.07) is 6.73. The van der Waals surface area contributed by atoms with Crippen LogP contribution in [0.25, 0.3) is 0 Å². The predicted molar refractivity (Wildman–Crippen MR) is 79.6 cm³/mol. The van der Waals surface area contributed by atoms with Crippen LogP contribution in [0.2, 0.25) is 0 Å². The first-order chi connectivity index (χ1) is 8.76. The number of rotatable bonds is 6. The molecule has 0 aliphatic rings. The Morgan fingerprint density at radius 3 is 2.63 bits per heavy atom. The van der Waals surface area contributed by atoms with E-state index in [0.717, 1.165) is 30.8 Å². The van der Waals surface area contributed by atoms with Crippen LogP contribution in [-0.4, -0.2) is 30.6 Å². The van der Waals surface area contributed by atoms with Gasteiger partial charge in [0.2, 0.25) is 0 Å². The van der Waals surface area contributed by atoms with Crippen molar-refractivity contribution in [3.63, 3.8) is 0 Å². The van der Waals surface area contributed by atoms with Gasteiger partial charge >= 0.3 is 0 Å². The maximum Gasteiger partial charge on any atom is 0.123 e. The van der Waals surface area contributed by atoms with Crippen molar-refractivity contribution >= 4 is 0 Å². The van der Waals surface area contributed by atoms with Crippen LogP contribution in [0.1, 0.15) is 26.3 Å². The number of nitrogens with zero attached hydrogens (tertiary/aromatic N) is 1. The highest BCUT2D eigenvalue weighted by Crippen LogP contribution is 2.07. The zero-order valence-corrected chi connectivity index (χ0v) is 12.5. The van der Waals surface area contributed by atoms with Gasteiger partial charge < -0.3 is 5.32 Å². The largest absolute Gasteiger partial charge is 0.308 e. The molecule has 3 heteroatoms. The first-order valence-electron chi connectivity index (χ1n) is 6.61. The van der Waals surface area contributed by atoms with E-state index >= 15 is 0 Å². The molecule has 0 aliphatic heterocycles. The van der Waals surface area contributed by atoms with Crippen LogP contribution in [0.4, 0.5) is 4.39 Å². The number of hydrogen-bond donors (Lipinski definition) is 1. The van der Waals surface area contributed by atoms with Gasteiger partial charge in [-0.2, -0.15) is 0 Å². The minimum Gasteiger partial charge on any atom is -0.308 e. The van der Waals surface area contributed by atoms with E-state index < -0.39 is 0 Å². The fourth-order valence-corrected chi connectivity index (χ4v) is 1.83. The van der Waals surface area contributed by atoms with Crippen LogP contribution in [0.3, 0.4) is 0 Å². The van der Waals surface area contributed by atoms with E-state index in [1.54, 1.807) is 12.1 Å². The van der Waals surface area contributed by atoms with Gasteiger partial charge in [0, 0.05) is 25.2 Å². The molecular formula is C16H25FN2. The molecule has 2 nitrogen and oxygen atoms in total. The Bertz CT molecular complexity index is 421. The zero-order valence-electron chi connectivity index (χ0n) is 12.5. The molecule has 1 N–H and O–H groups in total. The Morgan fingerprint density at radius 1 is 1.37 bits per heavy atom. The third-order valence-corrected chi connectivity index (χ3v) is 2.70. The van der Waals surface area contributed by atoms with Crippen LogP contribution in [0.5, 0.6) is 0 Å². The topological polar surface area (TPSA) is 15.3 Å². The lowest BCUT2D eigenvalue weighted by molar-refractivity contribution is 0.345. The first-order valence-corrected chi connectivity index (χ1v) is 6.61. The maximum absolute atomic E-state index is 13.1. The summed E-state index contributed by atoms with van der Waals surface area (Å²) in [5, 5.41) is 3.41. The molecule has 0 radical (unpaired) electrons. The van der Waals surface area contributed by atoms with Crippen molar-refractivity contribution < 1.29 is 4.39 Å². The molecule has 0 atom stereocenters. The van der Waals surface area contributed by atoms with Crippen molar-refractivity contribution in [2.75, 3.05) is 20.1 Å². The van der Waals surface area contributed by atoms with E-state index in [4.69, 9.17) is 0 Å². The molecule has 19 heavy (non-hydrogen) atoms. The molecule has 0 saturated carbocycles. The number of nitrogens with one attached hydrogen (secondary N) is 1. The lowest BCUT2D eigenvalue weighted by Gasteiger charge is -2.23. The Hall–Kier alpha value is -1.19. The SMILES string of the molecule is C=C(CNC(C)(C)C)CN(C)Cc1cccc(F)c1. The molecule has 0 unspecified atom stereocenters. The van der Waals surface area contributed by atoms with Crippen LogP contribution in [0, 0.1) is 5.82 Å². The lowest BCUT2D eigenvalue weighted by atomic mass is 10.1. The van der Waals surface area contributed by atoms with Gasteiger partial charge in [-0.1, -0.05) is 18.7 Å². The van der Waals surface area contributed by atoms with Crippen molar-refractivity contribution in [3.8, 4) is 0 Å². The monoisotopic (exact) mass is 264 g/mol. The molecule has 1 aromatic carbocycles. The van der Waals surface area contributed by atoms with Gasteiger partial charge in [0.1, 0.15) is 5.82 Å². The molecule has 1 rings (SSSR count). The van der Waals surface area contributed by atoms with Gasteiger partial charge in [-0.05, 0) is 51.1 Å². The molecule has 1 aromatic rings. The molecular weight excluding hydrogens is 239 g/mol. The van der Waals surface area contributed by atoms with Gasteiger partial charge in [-0.3, -0.25) is 4.90 Å². The number of hydrogen-bond acceptors (Lipinski definition) is 2. The van der Waals surface area contributed by atoms with E-state index in [9.17, 15) is 4.39 Å². The van der Waals surface area contributed by atoms with E-state index in [1.165, 1.54) is 6.07 Å². The summed E-state index contributed by atoms with van der Waals surface area (Å²) in [4.78, 5) is 2.14. The fraction of sp³-hybridized carbons (Fsp3) is 0.500. The smallest absolute Gasteiger partial charge is 0.123 e. The summed E-state index contributed by atoms with van der Waals surface area (Å²) in [6.45, 7) is 12.8. The Kier molecular flexibility index (Phi) is 5.70. The normalized spacial score (nSPS) is 11.9. The molecule has 0 amide bonds. The average Bonchev–Trinajstić information content (AvgIpc) is 2.25. The number of likely N-dealkylation sites (N-methyl/N-ethyl adjacent to an activating group) is 1. The second-order valence-corrected chi connectivity index (χ2v) is 6.16. The van der Waals surface area contributed by atoms with Crippen molar-refractivity contribution in [2.24, 2.45) is 0 Å². The van der Waals surface area contributed by atoms with Gasteiger partial charge in [0.05, 0.1) is 0 Å². The zero-order chi connectivity index (χ0) is 14.5. The minimum atomic E-state index is -0.181. The van der Waals surface area contributed by atoms with Gasteiger partial charge in [-0.15, -0.1) is 0 Å². The summed E-state index contributed by atoms with van der Waals surface area (Å²) >= 11 is 0. The van der Waals surface area contributed by atoms with E-state index in [-0.39, 0.29) is 11.4 Å². The highest BCUT2D eigenvalue weighted by atomic mass is 19.1. The lowest BCUT2D eigenvalue weighted by Crippen LogP contribution is -2.38. The van der Waals surface area contributed by atoms with Crippen molar-refractivity contribution in [2.45, 2.75) is 32.9 Å². The summed E-state index contributed by atoms with van der Waals surface area (Å²) in [5.41, 5.74) is 2.22. The Balaban J connectivity index is 2.38. The molecule has 0 fully saturated rings. The molecule has 0 saturated heterocycles. The highest BCUT2D eigenvalue weighted by molar-refractivity contribution is 5.16. The van der Waals surface area contributed by atoms with Crippen molar-refractivity contribution in [1.82, 2.24) is 10.2 Å². The molecule has 0 spiro atoms. The Morgan fingerprint density at radius 2 is 2.05 bits per heavy atom.